The highest BCUT2D eigenvalue weighted by Crippen LogP contribution is 2.66. The summed E-state index contributed by atoms with van der Waals surface area (Å²) in [5.74, 6) is 1.32. The number of rotatable bonds is 5. The van der Waals surface area contributed by atoms with Crippen LogP contribution >= 0.6 is 0 Å². The van der Waals surface area contributed by atoms with Crippen LogP contribution in [0.2, 0.25) is 13.1 Å². The summed E-state index contributed by atoms with van der Waals surface area (Å²) in [4.78, 5) is 0. The Morgan fingerprint density at radius 3 is 2.23 bits per heavy atom. The Morgan fingerprint density at radius 1 is 1.00 bits per heavy atom. The van der Waals surface area contributed by atoms with E-state index in [4.69, 9.17) is 9.31 Å². The van der Waals surface area contributed by atoms with Gasteiger partial charge in [-0.2, -0.15) is 0 Å². The van der Waals surface area contributed by atoms with E-state index in [0.717, 1.165) is 17.8 Å². The fourth-order valence-corrected chi connectivity index (χ4v) is 10.4. The highest BCUT2D eigenvalue weighted by Gasteiger charge is 2.68. The second-order valence-electron chi connectivity index (χ2n) is 11.3. The van der Waals surface area contributed by atoms with Crippen molar-refractivity contribution in [2.45, 2.75) is 64.0 Å². The van der Waals surface area contributed by atoms with Gasteiger partial charge in [-0.3, -0.25) is 0 Å². The van der Waals surface area contributed by atoms with Crippen LogP contribution in [0.15, 0.2) is 72.7 Å². The van der Waals surface area contributed by atoms with Gasteiger partial charge in [0.2, 0.25) is 0 Å². The Balaban J connectivity index is 1.49. The van der Waals surface area contributed by atoms with E-state index in [2.05, 4.69) is 101 Å². The summed E-state index contributed by atoms with van der Waals surface area (Å²) < 4.78 is 13.5. The van der Waals surface area contributed by atoms with Gasteiger partial charge < -0.3 is 9.31 Å². The van der Waals surface area contributed by atoms with E-state index in [0.29, 0.717) is 11.3 Å². The van der Waals surface area contributed by atoms with E-state index in [-0.39, 0.29) is 24.4 Å². The van der Waals surface area contributed by atoms with Crippen LogP contribution in [-0.4, -0.2) is 26.9 Å². The highest BCUT2D eigenvalue weighted by atomic mass is 28.3. The first-order valence-corrected chi connectivity index (χ1v) is 14.9. The Morgan fingerprint density at radius 2 is 1.61 bits per heavy atom. The van der Waals surface area contributed by atoms with Gasteiger partial charge in [0.25, 0.3) is 0 Å². The van der Waals surface area contributed by atoms with E-state index in [1.165, 1.54) is 17.2 Å². The van der Waals surface area contributed by atoms with E-state index < -0.39 is 8.07 Å². The quantitative estimate of drug-likeness (QED) is 0.563. The van der Waals surface area contributed by atoms with E-state index in [1.54, 1.807) is 0 Å². The average Bonchev–Trinajstić information content (AvgIpc) is 3.12. The minimum Gasteiger partial charge on any atom is -0.402 e. The normalized spacial score (nSPS) is 32.2. The molecule has 2 nitrogen and oxygen atoms in total. The van der Waals surface area contributed by atoms with Crippen LogP contribution in [0.3, 0.4) is 0 Å². The van der Waals surface area contributed by atoms with Crippen LogP contribution in [0.1, 0.15) is 44.7 Å². The lowest BCUT2D eigenvalue weighted by molar-refractivity contribution is -0.199. The number of hydrogen-bond acceptors (Lipinski definition) is 2. The van der Waals surface area contributed by atoms with Gasteiger partial charge >= 0.3 is 7.12 Å². The summed E-state index contributed by atoms with van der Waals surface area (Å²) in [6.45, 7) is 16.7. The van der Waals surface area contributed by atoms with E-state index >= 15 is 0 Å². The van der Waals surface area contributed by atoms with E-state index in [9.17, 15) is 0 Å². The standard InChI is InChI=1S/C27H35BO2Si/c1-19(28-29-24-18-21-17-23(26(21,2)3)27(24,4)30-28)25(20-13-9-7-10-14-20)31(5,6)22-15-11-8-12-16-22/h7-16,21,23-25H,1,17-18H2,2-6H3/t21-,23-,24?,25-,27-/m1/s1. The fraction of sp³-hybridized carbons (Fsp3) is 0.481. The topological polar surface area (TPSA) is 18.5 Å². The molecule has 4 fully saturated rings. The molecule has 3 saturated carbocycles. The number of benzene rings is 2. The molecule has 2 aromatic carbocycles. The monoisotopic (exact) mass is 430 g/mol. The zero-order chi connectivity index (χ0) is 22.0. The molecule has 0 spiro atoms. The number of hydrogen-bond donors (Lipinski definition) is 0. The summed E-state index contributed by atoms with van der Waals surface area (Å²) in [5, 5.41) is 1.44. The van der Waals surface area contributed by atoms with Gasteiger partial charge in [0.05, 0.1) is 19.8 Å². The SMILES string of the molecule is C=C(B1OC2C[C@H]3C[C@H](C3(C)C)[C@@]2(C)O1)[C@H](c1ccccc1)[Si](C)(C)c1ccccc1. The molecule has 162 valence electrons. The predicted molar refractivity (Wildman–Crippen MR) is 132 cm³/mol. The molecule has 1 saturated heterocycles. The first-order valence-electron chi connectivity index (χ1n) is 11.8. The summed E-state index contributed by atoms with van der Waals surface area (Å²) in [6, 6.07) is 21.8. The van der Waals surface area contributed by atoms with E-state index in [1.807, 2.05) is 0 Å². The second-order valence-corrected chi connectivity index (χ2v) is 15.9. The first-order chi connectivity index (χ1) is 14.7. The summed E-state index contributed by atoms with van der Waals surface area (Å²) in [7, 11) is -2.28. The van der Waals surface area contributed by atoms with Crippen LogP contribution in [0.25, 0.3) is 0 Å². The largest absolute Gasteiger partial charge is 0.490 e. The first kappa shape index (κ1) is 21.2. The van der Waals surface area contributed by atoms with Crippen molar-refractivity contribution in [2.75, 3.05) is 0 Å². The maximum Gasteiger partial charge on any atom is 0.490 e. The molecular weight excluding hydrogens is 395 g/mol. The molecular formula is C27H35BO2Si. The van der Waals surface area contributed by atoms with Crippen LogP contribution in [-0.2, 0) is 9.31 Å². The molecule has 0 amide bonds. The summed E-state index contributed by atoms with van der Waals surface area (Å²) >= 11 is 0. The Hall–Kier alpha value is -1.62. The van der Waals surface area contributed by atoms with Gasteiger partial charge in [-0.15, -0.1) is 6.58 Å². The van der Waals surface area contributed by atoms with Crippen LogP contribution in [0, 0.1) is 17.3 Å². The highest BCUT2D eigenvalue weighted by molar-refractivity contribution is 6.92. The molecule has 4 heteroatoms. The lowest BCUT2D eigenvalue weighted by atomic mass is 9.43. The van der Waals surface area contributed by atoms with Crippen molar-refractivity contribution in [1.29, 1.82) is 0 Å². The van der Waals surface area contributed by atoms with Gasteiger partial charge in [-0.1, -0.05) is 92.8 Å². The molecule has 1 aliphatic heterocycles. The van der Waals surface area contributed by atoms with Gasteiger partial charge in [0, 0.05) is 5.54 Å². The summed E-state index contributed by atoms with van der Waals surface area (Å²) in [5.41, 5.74) is 2.79. The molecule has 31 heavy (non-hydrogen) atoms. The van der Waals surface area contributed by atoms with Crippen molar-refractivity contribution in [2.24, 2.45) is 17.3 Å². The van der Waals surface area contributed by atoms with Gasteiger partial charge in [0.15, 0.2) is 0 Å². The van der Waals surface area contributed by atoms with Crippen molar-refractivity contribution >= 4 is 20.4 Å². The van der Waals surface area contributed by atoms with Crippen molar-refractivity contribution in [3.8, 4) is 0 Å². The molecule has 1 unspecified atom stereocenters. The molecule has 3 aliphatic carbocycles. The number of allylic oxidation sites excluding steroid dienone is 1. The Bertz CT molecular complexity index is 973. The zero-order valence-corrected chi connectivity index (χ0v) is 20.6. The molecule has 0 N–H and O–H groups in total. The maximum atomic E-state index is 6.83. The third-order valence-electron chi connectivity index (χ3n) is 9.00. The van der Waals surface area contributed by atoms with Crippen molar-refractivity contribution in [3.63, 3.8) is 0 Å². The maximum absolute atomic E-state index is 6.83. The summed E-state index contributed by atoms with van der Waals surface area (Å²) in [6.07, 6.45) is 2.57. The smallest absolute Gasteiger partial charge is 0.402 e. The molecule has 2 bridgehead atoms. The Labute approximate surface area is 189 Å². The van der Waals surface area contributed by atoms with Crippen molar-refractivity contribution in [3.05, 3.63) is 78.3 Å². The van der Waals surface area contributed by atoms with Gasteiger partial charge in [-0.05, 0) is 48.1 Å². The van der Waals surface area contributed by atoms with Crippen molar-refractivity contribution < 1.29 is 9.31 Å². The van der Waals surface area contributed by atoms with Crippen molar-refractivity contribution in [1.82, 2.24) is 0 Å². The molecule has 2 aromatic rings. The van der Waals surface area contributed by atoms with Crippen LogP contribution < -0.4 is 5.19 Å². The van der Waals surface area contributed by atoms with Crippen LogP contribution in [0.4, 0.5) is 0 Å². The molecule has 0 radical (unpaired) electrons. The second kappa shape index (κ2) is 7.20. The molecule has 0 aromatic heterocycles. The third kappa shape index (κ3) is 3.13. The lowest BCUT2D eigenvalue weighted by Gasteiger charge is -2.64. The zero-order valence-electron chi connectivity index (χ0n) is 19.6. The van der Waals surface area contributed by atoms with Gasteiger partial charge in [0.1, 0.15) is 0 Å². The third-order valence-corrected chi connectivity index (χ3v) is 13.0. The minimum atomic E-state index is -1.95. The molecule has 4 aliphatic rings. The molecule has 1 heterocycles. The minimum absolute atomic E-state index is 0.184. The van der Waals surface area contributed by atoms with Crippen LogP contribution in [0.5, 0.6) is 0 Å². The lowest BCUT2D eigenvalue weighted by Crippen LogP contribution is -2.65. The molecule has 5 atom stereocenters. The van der Waals surface area contributed by atoms with Gasteiger partial charge in [-0.25, -0.2) is 0 Å². The fourth-order valence-electron chi connectivity index (χ4n) is 6.94. The molecule has 6 rings (SSSR count). The average molecular weight is 430 g/mol. The Kier molecular flexibility index (Phi) is 4.93. The predicted octanol–water partition coefficient (Wildman–Crippen LogP) is 5.75.